The third-order valence-corrected chi connectivity index (χ3v) is 3.88. The van der Waals surface area contributed by atoms with E-state index in [9.17, 15) is 8.78 Å². The van der Waals surface area contributed by atoms with Crippen LogP contribution in [0.1, 0.15) is 36.8 Å². The van der Waals surface area contributed by atoms with E-state index in [1.807, 2.05) is 24.6 Å². The van der Waals surface area contributed by atoms with Crippen LogP contribution in [0.25, 0.3) is 0 Å². The average molecular weight is 358 g/mol. The van der Waals surface area contributed by atoms with Crippen molar-refractivity contribution in [1.82, 2.24) is 9.78 Å². The summed E-state index contributed by atoms with van der Waals surface area (Å²) < 4.78 is 30.1. The van der Waals surface area contributed by atoms with Gasteiger partial charge in [0.15, 0.2) is 0 Å². The summed E-state index contributed by atoms with van der Waals surface area (Å²) in [7, 11) is 0. The molecular formula is C15H18BrF2N3. The van der Waals surface area contributed by atoms with Crippen molar-refractivity contribution < 1.29 is 8.78 Å². The van der Waals surface area contributed by atoms with Crippen LogP contribution in [0.15, 0.2) is 22.7 Å². The van der Waals surface area contributed by atoms with Gasteiger partial charge >= 0.3 is 0 Å². The molecule has 2 aromatic rings. The van der Waals surface area contributed by atoms with Gasteiger partial charge in [-0.05, 0) is 31.5 Å². The zero-order valence-corrected chi connectivity index (χ0v) is 13.6. The number of nitrogens with two attached hydrogens (primary N) is 1. The highest BCUT2D eigenvalue weighted by Gasteiger charge is 2.20. The van der Waals surface area contributed by atoms with Gasteiger partial charge in [0.05, 0.1) is 5.69 Å². The molecular weight excluding hydrogens is 340 g/mol. The van der Waals surface area contributed by atoms with Gasteiger partial charge in [-0.1, -0.05) is 22.9 Å². The van der Waals surface area contributed by atoms with E-state index >= 15 is 0 Å². The third-order valence-electron chi connectivity index (χ3n) is 3.42. The summed E-state index contributed by atoms with van der Waals surface area (Å²) in [5, 5.41) is 4.42. The maximum absolute atomic E-state index is 13.9. The first-order chi connectivity index (χ1) is 9.96. The van der Waals surface area contributed by atoms with Gasteiger partial charge in [0, 0.05) is 34.7 Å². The molecule has 0 fully saturated rings. The minimum absolute atomic E-state index is 0.0832. The molecule has 6 heteroatoms. The lowest BCUT2D eigenvalue weighted by Gasteiger charge is -2.15. The van der Waals surface area contributed by atoms with E-state index in [-0.39, 0.29) is 5.56 Å². The fourth-order valence-corrected chi connectivity index (χ4v) is 2.76. The Balaban J connectivity index is 2.30. The second-order valence-electron chi connectivity index (χ2n) is 4.89. The van der Waals surface area contributed by atoms with Crippen molar-refractivity contribution in [1.29, 1.82) is 0 Å². The molecule has 1 aromatic heterocycles. The van der Waals surface area contributed by atoms with E-state index in [0.29, 0.717) is 17.4 Å². The zero-order chi connectivity index (χ0) is 15.6. The molecule has 0 saturated heterocycles. The molecule has 1 heterocycles. The van der Waals surface area contributed by atoms with Crippen LogP contribution < -0.4 is 5.73 Å². The van der Waals surface area contributed by atoms with Crippen molar-refractivity contribution in [2.45, 2.75) is 39.3 Å². The van der Waals surface area contributed by atoms with Crippen molar-refractivity contribution in [3.05, 3.63) is 51.3 Å². The molecule has 114 valence electrons. The maximum Gasteiger partial charge on any atom is 0.132 e. The number of rotatable bonds is 5. The Morgan fingerprint density at radius 1 is 1.24 bits per heavy atom. The van der Waals surface area contributed by atoms with Crippen LogP contribution in [0.4, 0.5) is 8.78 Å². The number of aryl methyl sites for hydroxylation is 2. The first-order valence-electron chi connectivity index (χ1n) is 6.91. The van der Waals surface area contributed by atoms with Crippen LogP contribution in [0, 0.1) is 11.6 Å². The van der Waals surface area contributed by atoms with Gasteiger partial charge in [-0.25, -0.2) is 8.78 Å². The Labute approximate surface area is 131 Å². The van der Waals surface area contributed by atoms with E-state index in [1.165, 1.54) is 12.1 Å². The number of halogens is 3. The molecule has 0 radical (unpaired) electrons. The molecule has 0 aliphatic carbocycles. The van der Waals surface area contributed by atoms with E-state index in [0.717, 1.165) is 17.8 Å². The topological polar surface area (TPSA) is 43.8 Å². The normalized spacial score (nSPS) is 12.7. The molecule has 1 aromatic carbocycles. The molecule has 0 amide bonds. The molecule has 21 heavy (non-hydrogen) atoms. The minimum atomic E-state index is -0.746. The van der Waals surface area contributed by atoms with E-state index in [1.54, 1.807) is 0 Å². The van der Waals surface area contributed by atoms with Gasteiger partial charge in [-0.2, -0.15) is 5.10 Å². The number of hydrogen-bond donors (Lipinski definition) is 1. The van der Waals surface area contributed by atoms with Crippen LogP contribution in [-0.2, 0) is 19.4 Å². The molecule has 3 nitrogen and oxygen atoms in total. The second-order valence-corrected chi connectivity index (χ2v) is 5.81. The minimum Gasteiger partial charge on any atom is -0.323 e. The van der Waals surface area contributed by atoms with E-state index in [4.69, 9.17) is 5.73 Å². The van der Waals surface area contributed by atoms with Crippen LogP contribution >= 0.6 is 15.9 Å². The molecule has 0 aliphatic rings. The fraction of sp³-hybridized carbons (Fsp3) is 0.400. The standard InChI is InChI=1S/C15H18BrF2N3/c1-3-10-7-11(21(4-2)20-10)8-14(19)15-12(17)5-9(16)6-13(15)18/h5-7,14H,3-4,8,19H2,1-2H3. The van der Waals surface area contributed by atoms with Gasteiger partial charge < -0.3 is 5.73 Å². The quantitative estimate of drug-likeness (QED) is 0.885. The van der Waals surface area contributed by atoms with Gasteiger partial charge in [0.25, 0.3) is 0 Å². The smallest absolute Gasteiger partial charge is 0.132 e. The summed E-state index contributed by atoms with van der Waals surface area (Å²) >= 11 is 3.06. The lowest BCUT2D eigenvalue weighted by Crippen LogP contribution is -2.19. The molecule has 2 rings (SSSR count). The van der Waals surface area contributed by atoms with E-state index < -0.39 is 17.7 Å². The summed E-state index contributed by atoms with van der Waals surface area (Å²) in [6, 6.07) is 3.65. The highest BCUT2D eigenvalue weighted by Crippen LogP contribution is 2.26. The summed E-state index contributed by atoms with van der Waals surface area (Å²) in [5.74, 6) is -1.26. The number of hydrogen-bond acceptors (Lipinski definition) is 2. The Morgan fingerprint density at radius 3 is 2.38 bits per heavy atom. The molecule has 0 spiro atoms. The lowest BCUT2D eigenvalue weighted by atomic mass is 10.0. The zero-order valence-electron chi connectivity index (χ0n) is 12.0. The largest absolute Gasteiger partial charge is 0.323 e. The number of nitrogens with zero attached hydrogens (tertiary/aromatic N) is 2. The summed E-state index contributed by atoms with van der Waals surface area (Å²) in [6.07, 6.45) is 1.16. The van der Waals surface area contributed by atoms with Gasteiger partial charge in [-0.15, -0.1) is 0 Å². The Bertz CT molecular complexity index is 617. The van der Waals surface area contributed by atoms with Crippen LogP contribution in [-0.4, -0.2) is 9.78 Å². The average Bonchev–Trinajstić information content (AvgIpc) is 2.79. The van der Waals surface area contributed by atoms with E-state index in [2.05, 4.69) is 21.0 Å². The highest BCUT2D eigenvalue weighted by atomic mass is 79.9. The molecule has 0 saturated carbocycles. The third kappa shape index (κ3) is 3.49. The molecule has 1 atom stereocenters. The fourth-order valence-electron chi connectivity index (χ4n) is 2.36. The van der Waals surface area contributed by atoms with Crippen molar-refractivity contribution in [3.8, 4) is 0 Å². The Kier molecular flexibility index (Phi) is 5.11. The number of aromatic nitrogens is 2. The highest BCUT2D eigenvalue weighted by molar-refractivity contribution is 9.10. The first kappa shape index (κ1) is 16.1. The summed E-state index contributed by atoms with van der Waals surface area (Å²) in [5.41, 5.74) is 7.78. The van der Waals surface area contributed by atoms with Gasteiger partial charge in [0.2, 0.25) is 0 Å². The lowest BCUT2D eigenvalue weighted by molar-refractivity contribution is 0.512. The monoisotopic (exact) mass is 357 g/mol. The number of benzene rings is 1. The molecule has 2 N–H and O–H groups in total. The molecule has 0 aliphatic heterocycles. The van der Waals surface area contributed by atoms with Crippen molar-refractivity contribution >= 4 is 15.9 Å². The Hall–Kier alpha value is -1.27. The van der Waals surface area contributed by atoms with Crippen LogP contribution in [0.5, 0.6) is 0 Å². The van der Waals surface area contributed by atoms with Crippen LogP contribution in [0.3, 0.4) is 0 Å². The predicted octanol–water partition coefficient (Wildman–Crippen LogP) is 3.75. The maximum atomic E-state index is 13.9. The second kappa shape index (κ2) is 6.66. The summed E-state index contributed by atoms with van der Waals surface area (Å²) in [6.45, 7) is 4.69. The van der Waals surface area contributed by atoms with Crippen molar-refractivity contribution in [3.63, 3.8) is 0 Å². The van der Waals surface area contributed by atoms with Crippen LogP contribution in [0.2, 0.25) is 0 Å². The molecule has 1 unspecified atom stereocenters. The Morgan fingerprint density at radius 2 is 1.86 bits per heavy atom. The first-order valence-corrected chi connectivity index (χ1v) is 7.71. The van der Waals surface area contributed by atoms with Crippen molar-refractivity contribution in [2.24, 2.45) is 5.73 Å². The molecule has 0 bridgehead atoms. The van der Waals surface area contributed by atoms with Gasteiger partial charge in [0.1, 0.15) is 11.6 Å². The summed E-state index contributed by atoms with van der Waals surface area (Å²) in [4.78, 5) is 0. The van der Waals surface area contributed by atoms with Crippen molar-refractivity contribution in [2.75, 3.05) is 0 Å². The SMILES string of the molecule is CCc1cc(CC(N)c2c(F)cc(Br)cc2F)n(CC)n1. The van der Waals surface area contributed by atoms with Gasteiger partial charge in [-0.3, -0.25) is 4.68 Å². The predicted molar refractivity (Wildman–Crippen MR) is 82.0 cm³/mol.